The second-order valence-electron chi connectivity index (χ2n) is 4.62. The maximum absolute atomic E-state index is 10.8. The van der Waals surface area contributed by atoms with Gasteiger partial charge in [0.05, 0.1) is 5.56 Å². The molecule has 1 aliphatic carbocycles. The van der Waals surface area contributed by atoms with Crippen LogP contribution in [0.4, 0.5) is 5.69 Å². The molecule has 2 rings (SSSR count). The zero-order valence-electron chi connectivity index (χ0n) is 9.74. The number of carbonyl (C=O) groups is 1. The van der Waals surface area contributed by atoms with Crippen LogP contribution >= 0.6 is 15.9 Å². The molecule has 1 aliphatic rings. The number of aromatic carboxylic acids is 1. The van der Waals surface area contributed by atoms with Crippen LogP contribution in [0.1, 0.15) is 36.5 Å². The van der Waals surface area contributed by atoms with Crippen molar-refractivity contribution in [2.75, 3.05) is 5.32 Å². The maximum atomic E-state index is 10.8. The molecule has 1 aromatic carbocycles. The van der Waals surface area contributed by atoms with Crippen LogP contribution in [0.2, 0.25) is 0 Å². The van der Waals surface area contributed by atoms with Crippen LogP contribution in [-0.4, -0.2) is 17.1 Å². The SMILES string of the molecule is CC(Nc1ccc(C(=O)O)cc1Br)C1CCC1. The van der Waals surface area contributed by atoms with Gasteiger partial charge in [0.25, 0.3) is 0 Å². The van der Waals surface area contributed by atoms with Crippen LogP contribution in [0.15, 0.2) is 22.7 Å². The zero-order valence-corrected chi connectivity index (χ0v) is 11.3. The molecule has 1 aromatic rings. The number of rotatable bonds is 4. The molecule has 2 N–H and O–H groups in total. The number of nitrogens with one attached hydrogen (secondary N) is 1. The summed E-state index contributed by atoms with van der Waals surface area (Å²) in [5.41, 5.74) is 1.27. The summed E-state index contributed by atoms with van der Waals surface area (Å²) in [6, 6.07) is 5.53. The average molecular weight is 298 g/mol. The molecule has 0 spiro atoms. The summed E-state index contributed by atoms with van der Waals surface area (Å²) in [4.78, 5) is 10.8. The highest BCUT2D eigenvalue weighted by atomic mass is 79.9. The number of benzene rings is 1. The molecule has 3 nitrogen and oxygen atoms in total. The summed E-state index contributed by atoms with van der Waals surface area (Å²) in [6.45, 7) is 2.18. The van der Waals surface area contributed by atoms with E-state index in [1.54, 1.807) is 12.1 Å². The van der Waals surface area contributed by atoms with Gasteiger partial charge in [-0.25, -0.2) is 4.79 Å². The highest BCUT2D eigenvalue weighted by molar-refractivity contribution is 9.10. The van der Waals surface area contributed by atoms with E-state index in [-0.39, 0.29) is 0 Å². The van der Waals surface area contributed by atoms with Gasteiger partial charge < -0.3 is 10.4 Å². The number of carboxylic acids is 1. The summed E-state index contributed by atoms with van der Waals surface area (Å²) in [5, 5.41) is 12.3. The topological polar surface area (TPSA) is 49.3 Å². The summed E-state index contributed by atoms with van der Waals surface area (Å²) < 4.78 is 0.809. The van der Waals surface area contributed by atoms with Gasteiger partial charge in [-0.15, -0.1) is 0 Å². The fourth-order valence-electron chi connectivity index (χ4n) is 2.07. The van der Waals surface area contributed by atoms with Gasteiger partial charge >= 0.3 is 5.97 Å². The van der Waals surface area contributed by atoms with Gasteiger partial charge in [-0.1, -0.05) is 6.42 Å². The number of carboxylic acid groups (broad SMARTS) is 1. The van der Waals surface area contributed by atoms with Gasteiger partial charge in [0.2, 0.25) is 0 Å². The summed E-state index contributed by atoms with van der Waals surface area (Å²) in [6.07, 6.45) is 3.91. The molecule has 0 aromatic heterocycles. The Labute approximate surface area is 109 Å². The molecular weight excluding hydrogens is 282 g/mol. The second kappa shape index (κ2) is 5.08. The minimum absolute atomic E-state index is 0.304. The lowest BCUT2D eigenvalue weighted by molar-refractivity contribution is 0.0697. The Kier molecular flexibility index (Phi) is 3.72. The summed E-state index contributed by atoms with van der Waals surface area (Å²) >= 11 is 3.41. The Morgan fingerprint density at radius 3 is 2.71 bits per heavy atom. The molecule has 1 unspecified atom stereocenters. The second-order valence-corrected chi connectivity index (χ2v) is 5.48. The van der Waals surface area contributed by atoms with E-state index in [0.717, 1.165) is 16.1 Å². The van der Waals surface area contributed by atoms with Gasteiger partial charge in [-0.3, -0.25) is 0 Å². The number of halogens is 1. The minimum atomic E-state index is -0.899. The lowest BCUT2D eigenvalue weighted by Gasteiger charge is -2.32. The first-order valence-corrected chi connectivity index (χ1v) is 6.66. The van der Waals surface area contributed by atoms with E-state index in [0.29, 0.717) is 11.6 Å². The van der Waals surface area contributed by atoms with Crippen molar-refractivity contribution in [2.45, 2.75) is 32.2 Å². The lowest BCUT2D eigenvalue weighted by atomic mass is 9.80. The molecule has 17 heavy (non-hydrogen) atoms. The van der Waals surface area contributed by atoms with Crippen molar-refractivity contribution in [3.63, 3.8) is 0 Å². The van der Waals surface area contributed by atoms with E-state index in [4.69, 9.17) is 5.11 Å². The third kappa shape index (κ3) is 2.80. The van der Waals surface area contributed by atoms with E-state index in [9.17, 15) is 4.79 Å². The van der Waals surface area contributed by atoms with Crippen molar-refractivity contribution >= 4 is 27.6 Å². The molecule has 0 bridgehead atoms. The summed E-state index contributed by atoms with van der Waals surface area (Å²) in [7, 11) is 0. The van der Waals surface area contributed by atoms with Crippen molar-refractivity contribution < 1.29 is 9.90 Å². The van der Waals surface area contributed by atoms with E-state index in [1.807, 2.05) is 6.07 Å². The van der Waals surface area contributed by atoms with Crippen molar-refractivity contribution in [1.82, 2.24) is 0 Å². The zero-order chi connectivity index (χ0) is 12.4. The predicted octanol–water partition coefficient (Wildman–Crippen LogP) is 3.75. The number of hydrogen-bond acceptors (Lipinski definition) is 2. The normalized spacial score (nSPS) is 17.3. The van der Waals surface area contributed by atoms with Crippen molar-refractivity contribution in [3.05, 3.63) is 28.2 Å². The third-order valence-corrected chi connectivity index (χ3v) is 4.11. The molecule has 4 heteroatoms. The minimum Gasteiger partial charge on any atom is -0.478 e. The van der Waals surface area contributed by atoms with Crippen molar-refractivity contribution in [1.29, 1.82) is 0 Å². The number of anilines is 1. The molecule has 92 valence electrons. The van der Waals surface area contributed by atoms with Crippen LogP contribution in [-0.2, 0) is 0 Å². The highest BCUT2D eigenvalue weighted by Crippen LogP contribution is 2.32. The quantitative estimate of drug-likeness (QED) is 0.890. The van der Waals surface area contributed by atoms with Gasteiger partial charge in [-0.05, 0) is 59.8 Å². The Morgan fingerprint density at radius 2 is 2.24 bits per heavy atom. The molecule has 0 aliphatic heterocycles. The smallest absolute Gasteiger partial charge is 0.335 e. The molecule has 0 amide bonds. The van der Waals surface area contributed by atoms with Crippen LogP contribution in [0.25, 0.3) is 0 Å². The van der Waals surface area contributed by atoms with Gasteiger partial charge in [0.15, 0.2) is 0 Å². The first-order valence-electron chi connectivity index (χ1n) is 5.87. The fraction of sp³-hybridized carbons (Fsp3) is 0.462. The van der Waals surface area contributed by atoms with E-state index in [2.05, 4.69) is 28.2 Å². The van der Waals surface area contributed by atoms with E-state index >= 15 is 0 Å². The van der Waals surface area contributed by atoms with E-state index < -0.39 is 5.97 Å². The standard InChI is InChI=1S/C13H16BrNO2/c1-8(9-3-2-4-9)15-12-6-5-10(13(16)17)7-11(12)14/h5-9,15H,2-4H2,1H3,(H,16,17). The molecule has 0 radical (unpaired) electrons. The third-order valence-electron chi connectivity index (χ3n) is 3.46. The molecule has 0 saturated heterocycles. The molecule has 1 saturated carbocycles. The molecule has 0 heterocycles. The lowest BCUT2D eigenvalue weighted by Crippen LogP contribution is -2.30. The van der Waals surface area contributed by atoms with E-state index in [1.165, 1.54) is 19.3 Å². The van der Waals surface area contributed by atoms with Gasteiger partial charge in [0.1, 0.15) is 0 Å². The Morgan fingerprint density at radius 1 is 1.53 bits per heavy atom. The Hall–Kier alpha value is -1.03. The molecule has 1 fully saturated rings. The van der Waals surface area contributed by atoms with Crippen molar-refractivity contribution in [2.24, 2.45) is 5.92 Å². The summed E-state index contributed by atoms with van der Waals surface area (Å²) in [5.74, 6) is -0.148. The number of hydrogen-bond donors (Lipinski definition) is 2. The van der Waals surface area contributed by atoms with Crippen LogP contribution < -0.4 is 5.32 Å². The van der Waals surface area contributed by atoms with Gasteiger partial charge in [0, 0.05) is 16.2 Å². The predicted molar refractivity (Wildman–Crippen MR) is 71.5 cm³/mol. The van der Waals surface area contributed by atoms with Crippen LogP contribution in [0.5, 0.6) is 0 Å². The molecular formula is C13H16BrNO2. The maximum Gasteiger partial charge on any atom is 0.335 e. The largest absolute Gasteiger partial charge is 0.478 e. The first kappa shape index (κ1) is 12.4. The first-order chi connectivity index (χ1) is 8.08. The average Bonchev–Trinajstić information content (AvgIpc) is 2.18. The fourth-order valence-corrected chi connectivity index (χ4v) is 2.56. The Balaban J connectivity index is 2.07. The molecule has 1 atom stereocenters. The van der Waals surface area contributed by atoms with Gasteiger partial charge in [-0.2, -0.15) is 0 Å². The van der Waals surface area contributed by atoms with Crippen LogP contribution in [0, 0.1) is 5.92 Å². The van der Waals surface area contributed by atoms with Crippen LogP contribution in [0.3, 0.4) is 0 Å². The van der Waals surface area contributed by atoms with Crippen molar-refractivity contribution in [3.8, 4) is 0 Å². The Bertz CT molecular complexity index is 429. The highest BCUT2D eigenvalue weighted by Gasteiger charge is 2.24. The monoisotopic (exact) mass is 297 g/mol.